The maximum Gasteiger partial charge on any atom is 0.255 e. The molecule has 0 saturated carbocycles. The average molecular weight is 528 g/mol. The summed E-state index contributed by atoms with van der Waals surface area (Å²) in [5.41, 5.74) is 5.43. The van der Waals surface area contributed by atoms with Gasteiger partial charge in [-0.25, -0.2) is 14.4 Å². The zero-order valence-electron chi connectivity index (χ0n) is 21.9. The molecule has 1 amide bonds. The first-order chi connectivity index (χ1) is 19.0. The second kappa shape index (κ2) is 12.0. The summed E-state index contributed by atoms with van der Waals surface area (Å²) in [6, 6.07) is 19.3. The van der Waals surface area contributed by atoms with E-state index in [1.54, 1.807) is 42.6 Å². The van der Waals surface area contributed by atoms with Gasteiger partial charge in [-0.15, -0.1) is 0 Å². The lowest BCUT2D eigenvalue weighted by atomic mass is 10.1. The van der Waals surface area contributed by atoms with Crippen molar-refractivity contribution < 1.29 is 18.7 Å². The topological polar surface area (TPSA) is 88.6 Å². The Morgan fingerprint density at radius 1 is 1.05 bits per heavy atom. The summed E-state index contributed by atoms with van der Waals surface area (Å²) in [6.07, 6.45) is 1.56. The summed E-state index contributed by atoms with van der Waals surface area (Å²) in [7, 11) is 1.53. The number of hydrogen-bond donors (Lipinski definition) is 2. The van der Waals surface area contributed by atoms with E-state index in [1.807, 2.05) is 19.1 Å². The lowest BCUT2D eigenvalue weighted by Crippen LogP contribution is -2.35. The van der Waals surface area contributed by atoms with E-state index < -0.39 is 0 Å². The molecule has 1 fully saturated rings. The van der Waals surface area contributed by atoms with Gasteiger partial charge in [0.05, 0.1) is 26.5 Å². The largest absolute Gasteiger partial charge is 0.493 e. The van der Waals surface area contributed by atoms with E-state index in [4.69, 9.17) is 9.47 Å². The Morgan fingerprint density at radius 2 is 1.79 bits per heavy atom. The molecule has 0 spiro atoms. The Bertz CT molecular complexity index is 1440. The quantitative estimate of drug-likeness (QED) is 0.316. The summed E-state index contributed by atoms with van der Waals surface area (Å²) in [6.45, 7) is 6.12. The fourth-order valence-electron chi connectivity index (χ4n) is 4.34. The molecule has 1 aliphatic heterocycles. The van der Waals surface area contributed by atoms with Crippen molar-refractivity contribution in [3.63, 3.8) is 0 Å². The summed E-state index contributed by atoms with van der Waals surface area (Å²) < 4.78 is 24.2. The van der Waals surface area contributed by atoms with Gasteiger partial charge in [-0.05, 0) is 72.6 Å². The lowest BCUT2D eigenvalue weighted by Gasteiger charge is -2.26. The predicted octanol–water partition coefficient (Wildman–Crippen LogP) is 5.43. The smallest absolute Gasteiger partial charge is 0.255 e. The summed E-state index contributed by atoms with van der Waals surface area (Å²) in [5, 5.41) is 6.20. The first-order valence-electron chi connectivity index (χ1n) is 12.7. The third kappa shape index (κ3) is 6.57. The number of carbonyl (C=O) groups is 1. The number of ether oxygens (including phenoxy) is 2. The van der Waals surface area contributed by atoms with Gasteiger partial charge in [-0.2, -0.15) is 0 Å². The number of aromatic nitrogens is 2. The van der Waals surface area contributed by atoms with Crippen LogP contribution in [-0.4, -0.2) is 54.2 Å². The second-order valence-corrected chi connectivity index (χ2v) is 9.31. The molecule has 8 nitrogen and oxygen atoms in total. The molecule has 9 heteroatoms. The van der Waals surface area contributed by atoms with Crippen molar-refractivity contribution in [2.75, 3.05) is 44.0 Å². The third-order valence-electron chi connectivity index (χ3n) is 6.56. The number of halogens is 1. The van der Waals surface area contributed by atoms with Gasteiger partial charge in [0.25, 0.3) is 5.91 Å². The van der Waals surface area contributed by atoms with Crippen LogP contribution in [0.5, 0.6) is 5.75 Å². The van der Waals surface area contributed by atoms with Crippen LogP contribution in [0.1, 0.15) is 21.5 Å². The Balaban J connectivity index is 1.26. The molecule has 0 atom stereocenters. The van der Waals surface area contributed by atoms with Crippen molar-refractivity contribution in [2.24, 2.45) is 0 Å². The number of benzene rings is 3. The van der Waals surface area contributed by atoms with E-state index in [-0.39, 0.29) is 11.7 Å². The number of carbonyl (C=O) groups excluding carboxylic acids is 1. The van der Waals surface area contributed by atoms with Gasteiger partial charge in [0.2, 0.25) is 5.95 Å². The van der Waals surface area contributed by atoms with Crippen molar-refractivity contribution in [3.05, 3.63) is 95.4 Å². The molecular weight excluding hydrogens is 497 g/mol. The minimum absolute atomic E-state index is 0.188. The lowest BCUT2D eigenvalue weighted by molar-refractivity contribution is 0.0342. The number of hydrogen-bond acceptors (Lipinski definition) is 7. The summed E-state index contributed by atoms with van der Waals surface area (Å²) >= 11 is 0. The summed E-state index contributed by atoms with van der Waals surface area (Å²) in [4.78, 5) is 24.2. The van der Waals surface area contributed by atoms with Crippen LogP contribution in [0.3, 0.4) is 0 Å². The highest BCUT2D eigenvalue weighted by molar-refractivity contribution is 6.04. The normalized spacial score (nSPS) is 13.6. The second-order valence-electron chi connectivity index (χ2n) is 9.31. The molecule has 39 heavy (non-hydrogen) atoms. The molecule has 5 rings (SSSR count). The van der Waals surface area contributed by atoms with Gasteiger partial charge in [0.1, 0.15) is 11.5 Å². The van der Waals surface area contributed by atoms with Crippen LogP contribution in [-0.2, 0) is 11.3 Å². The first-order valence-corrected chi connectivity index (χ1v) is 12.7. The minimum Gasteiger partial charge on any atom is -0.493 e. The first kappa shape index (κ1) is 26.3. The molecule has 0 bridgehead atoms. The van der Waals surface area contributed by atoms with Crippen LogP contribution in [0.4, 0.5) is 21.7 Å². The Kier molecular flexibility index (Phi) is 8.10. The van der Waals surface area contributed by atoms with Crippen molar-refractivity contribution in [1.82, 2.24) is 14.9 Å². The van der Waals surface area contributed by atoms with Crippen LogP contribution >= 0.6 is 0 Å². The molecule has 0 aliphatic carbocycles. The maximum atomic E-state index is 13.4. The maximum absolute atomic E-state index is 13.4. The number of amides is 1. The van der Waals surface area contributed by atoms with Crippen LogP contribution in [0.25, 0.3) is 11.3 Å². The molecule has 0 unspecified atom stereocenters. The molecule has 1 aliphatic rings. The number of nitrogens with one attached hydrogen (secondary N) is 2. The molecular formula is C30H30FN5O3. The molecule has 2 heterocycles. The molecule has 3 aromatic carbocycles. The monoisotopic (exact) mass is 527 g/mol. The number of rotatable bonds is 8. The predicted molar refractivity (Wildman–Crippen MR) is 149 cm³/mol. The molecule has 2 N–H and O–H groups in total. The molecule has 1 aromatic heterocycles. The Morgan fingerprint density at radius 3 is 2.51 bits per heavy atom. The van der Waals surface area contributed by atoms with Crippen molar-refractivity contribution >= 4 is 23.2 Å². The van der Waals surface area contributed by atoms with Crippen LogP contribution in [0.2, 0.25) is 0 Å². The Labute approximate surface area is 226 Å². The van der Waals surface area contributed by atoms with Gasteiger partial charge in [0.15, 0.2) is 5.75 Å². The van der Waals surface area contributed by atoms with Crippen molar-refractivity contribution in [2.45, 2.75) is 13.5 Å². The fourth-order valence-corrected chi connectivity index (χ4v) is 4.34. The fraction of sp³-hybridized carbons (Fsp3) is 0.233. The van der Waals surface area contributed by atoms with Crippen LogP contribution in [0, 0.1) is 12.7 Å². The highest BCUT2D eigenvalue weighted by Crippen LogP contribution is 2.29. The zero-order chi connectivity index (χ0) is 27.2. The van der Waals surface area contributed by atoms with Gasteiger partial charge >= 0.3 is 0 Å². The van der Waals surface area contributed by atoms with Crippen LogP contribution < -0.4 is 15.4 Å². The van der Waals surface area contributed by atoms with E-state index >= 15 is 0 Å². The standard InChI is InChI=1S/C30H30FN5O3/c1-20-3-4-21(19-36-13-15-39-16-14-36)17-26(20)34-29(37)23-7-11-25(12-8-23)33-30-32-18-27(38-2)28(35-30)22-5-9-24(31)10-6-22/h3-12,17-18H,13-16,19H2,1-2H3,(H,34,37)(H,32,33,35). The average Bonchev–Trinajstić information content (AvgIpc) is 2.96. The van der Waals surface area contributed by atoms with Crippen molar-refractivity contribution in [3.8, 4) is 17.0 Å². The SMILES string of the molecule is COc1cnc(Nc2ccc(C(=O)Nc3cc(CN4CCOCC4)ccc3C)cc2)nc1-c1ccc(F)cc1. The van der Waals surface area contributed by atoms with Gasteiger partial charge in [-0.1, -0.05) is 12.1 Å². The molecule has 1 saturated heterocycles. The minimum atomic E-state index is -0.329. The highest BCUT2D eigenvalue weighted by atomic mass is 19.1. The third-order valence-corrected chi connectivity index (χ3v) is 6.56. The van der Waals surface area contributed by atoms with E-state index in [0.717, 1.165) is 49.7 Å². The van der Waals surface area contributed by atoms with E-state index in [1.165, 1.54) is 19.2 Å². The van der Waals surface area contributed by atoms with Crippen molar-refractivity contribution in [1.29, 1.82) is 0 Å². The Hall–Kier alpha value is -4.34. The molecule has 4 aromatic rings. The number of nitrogens with zero attached hydrogens (tertiary/aromatic N) is 3. The van der Waals surface area contributed by atoms with Gasteiger partial charge < -0.3 is 20.1 Å². The molecule has 200 valence electrons. The number of anilines is 3. The van der Waals surface area contributed by atoms with E-state index in [9.17, 15) is 9.18 Å². The number of methoxy groups -OCH3 is 1. The van der Waals surface area contributed by atoms with Gasteiger partial charge in [0, 0.05) is 42.1 Å². The molecule has 0 radical (unpaired) electrons. The summed E-state index contributed by atoms with van der Waals surface area (Å²) in [5.74, 6) is 0.307. The van der Waals surface area contributed by atoms with Gasteiger partial charge in [-0.3, -0.25) is 9.69 Å². The highest BCUT2D eigenvalue weighted by Gasteiger charge is 2.14. The van der Waals surface area contributed by atoms with E-state index in [2.05, 4.69) is 31.6 Å². The van der Waals surface area contributed by atoms with E-state index in [0.29, 0.717) is 34.2 Å². The zero-order valence-corrected chi connectivity index (χ0v) is 21.9. The number of morpholine rings is 1. The van der Waals surface area contributed by atoms with Crippen LogP contribution in [0.15, 0.2) is 72.9 Å². The number of aryl methyl sites for hydroxylation is 1.